The average molecular weight is 584 g/mol. The van der Waals surface area contributed by atoms with Crippen LogP contribution in [0.1, 0.15) is 50.3 Å². The van der Waals surface area contributed by atoms with Gasteiger partial charge >= 0.3 is 0 Å². The van der Waals surface area contributed by atoms with Crippen molar-refractivity contribution < 1.29 is 18.0 Å². The van der Waals surface area contributed by atoms with Gasteiger partial charge in [-0.2, -0.15) is 0 Å². The fourth-order valence-electron chi connectivity index (χ4n) is 4.28. The van der Waals surface area contributed by atoms with E-state index < -0.39 is 28.5 Å². The van der Waals surface area contributed by atoms with Crippen LogP contribution in [0.4, 0.5) is 5.69 Å². The van der Waals surface area contributed by atoms with Gasteiger partial charge in [-0.1, -0.05) is 61.8 Å². The molecule has 2 atom stereocenters. The monoisotopic (exact) mass is 583 g/mol. The van der Waals surface area contributed by atoms with Gasteiger partial charge in [0.1, 0.15) is 12.6 Å². The lowest BCUT2D eigenvalue weighted by Crippen LogP contribution is -2.53. The van der Waals surface area contributed by atoms with Gasteiger partial charge in [0.05, 0.1) is 10.6 Å². The Kier molecular flexibility index (Phi) is 10.8. The molecular weight excluding hydrogens is 546 g/mol. The highest BCUT2D eigenvalue weighted by Gasteiger charge is 2.34. The summed E-state index contributed by atoms with van der Waals surface area (Å²) in [5, 5.41) is 3.53. The Hall–Kier alpha value is -3.36. The molecular formula is C31H38ClN3O4S. The van der Waals surface area contributed by atoms with Gasteiger partial charge in [0, 0.05) is 17.6 Å². The number of anilines is 1. The fourth-order valence-corrected chi connectivity index (χ4v) is 5.83. The maximum absolute atomic E-state index is 14.1. The summed E-state index contributed by atoms with van der Waals surface area (Å²) >= 11 is 6.08. The summed E-state index contributed by atoms with van der Waals surface area (Å²) in [6, 6.07) is 19.5. The maximum atomic E-state index is 14.1. The van der Waals surface area contributed by atoms with Crippen molar-refractivity contribution in [1.82, 2.24) is 10.2 Å². The van der Waals surface area contributed by atoms with Crippen molar-refractivity contribution in [3.05, 3.63) is 94.5 Å². The topological polar surface area (TPSA) is 86.8 Å². The lowest BCUT2D eigenvalue weighted by Gasteiger charge is -2.34. The van der Waals surface area contributed by atoms with Crippen LogP contribution in [-0.2, 0) is 26.2 Å². The highest BCUT2D eigenvalue weighted by Crippen LogP contribution is 2.27. The highest BCUT2D eigenvalue weighted by atomic mass is 35.5. The third-order valence-corrected chi connectivity index (χ3v) is 9.08. The zero-order chi connectivity index (χ0) is 29.4. The number of benzene rings is 3. The van der Waals surface area contributed by atoms with Crippen molar-refractivity contribution in [2.24, 2.45) is 0 Å². The normalized spacial score (nSPS) is 12.8. The number of halogens is 1. The molecule has 0 radical (unpaired) electrons. The van der Waals surface area contributed by atoms with Crippen LogP contribution in [0.15, 0.2) is 77.7 Å². The molecule has 3 aromatic carbocycles. The van der Waals surface area contributed by atoms with Crippen LogP contribution in [0.3, 0.4) is 0 Å². The lowest BCUT2D eigenvalue weighted by molar-refractivity contribution is -0.140. The molecule has 0 heterocycles. The Bertz CT molecular complexity index is 1410. The molecule has 0 bridgehead atoms. The number of sulfonamides is 1. The van der Waals surface area contributed by atoms with Gasteiger partial charge in [-0.05, 0) is 86.7 Å². The van der Waals surface area contributed by atoms with Gasteiger partial charge in [-0.25, -0.2) is 8.42 Å². The molecule has 1 N–H and O–H groups in total. The lowest BCUT2D eigenvalue weighted by atomic mass is 10.1. The number of carbonyl (C=O) groups is 2. The minimum Gasteiger partial charge on any atom is -0.352 e. The zero-order valence-electron chi connectivity index (χ0n) is 23.7. The smallest absolute Gasteiger partial charge is 0.264 e. The van der Waals surface area contributed by atoms with Gasteiger partial charge in [0.25, 0.3) is 10.0 Å². The van der Waals surface area contributed by atoms with Crippen molar-refractivity contribution in [2.45, 2.75) is 71.0 Å². The van der Waals surface area contributed by atoms with Gasteiger partial charge in [-0.15, -0.1) is 0 Å². The molecule has 0 aliphatic carbocycles. The second kappa shape index (κ2) is 13.8. The Morgan fingerprint density at radius 1 is 0.900 bits per heavy atom. The van der Waals surface area contributed by atoms with Crippen LogP contribution in [0.2, 0.25) is 5.02 Å². The molecule has 214 valence electrons. The largest absolute Gasteiger partial charge is 0.352 e. The summed E-state index contributed by atoms with van der Waals surface area (Å²) in [7, 11) is -4.10. The third-order valence-electron chi connectivity index (χ3n) is 7.04. The molecule has 7 nitrogen and oxygen atoms in total. The minimum absolute atomic E-state index is 0.0699. The molecule has 0 saturated heterocycles. The van der Waals surface area contributed by atoms with E-state index in [-0.39, 0.29) is 23.4 Å². The van der Waals surface area contributed by atoms with Crippen molar-refractivity contribution in [3.63, 3.8) is 0 Å². The first-order chi connectivity index (χ1) is 19.0. The van der Waals surface area contributed by atoms with Crippen LogP contribution >= 0.6 is 11.6 Å². The van der Waals surface area contributed by atoms with E-state index in [1.165, 1.54) is 17.0 Å². The summed E-state index contributed by atoms with van der Waals surface area (Å²) in [6.45, 7) is 9.20. The number of amides is 2. The average Bonchev–Trinajstić information content (AvgIpc) is 2.94. The SMILES string of the molecule is CC[C@@H](C)NC(=O)[C@@H](CC)N(Cc1ccc(Cl)cc1)C(=O)CN(c1ccc(C)c(C)c1)S(=O)(=O)c1ccccc1. The maximum Gasteiger partial charge on any atom is 0.264 e. The van der Waals surface area contributed by atoms with Gasteiger partial charge in [0.2, 0.25) is 11.8 Å². The second-order valence-electron chi connectivity index (χ2n) is 9.98. The second-order valence-corrected chi connectivity index (χ2v) is 12.3. The summed E-state index contributed by atoms with van der Waals surface area (Å²) in [6.07, 6.45) is 1.10. The molecule has 3 aromatic rings. The first-order valence-electron chi connectivity index (χ1n) is 13.5. The molecule has 0 fully saturated rings. The van der Waals surface area contributed by atoms with Gasteiger partial charge in [0.15, 0.2) is 0 Å². The summed E-state index contributed by atoms with van der Waals surface area (Å²) in [4.78, 5) is 29.0. The third kappa shape index (κ3) is 7.64. The van der Waals surface area contributed by atoms with Crippen molar-refractivity contribution in [3.8, 4) is 0 Å². The molecule has 0 unspecified atom stereocenters. The van der Waals surface area contributed by atoms with Crippen LogP contribution in [-0.4, -0.2) is 43.8 Å². The Balaban J connectivity index is 2.06. The number of carbonyl (C=O) groups excluding carboxylic acids is 2. The molecule has 9 heteroatoms. The van der Waals surface area contributed by atoms with E-state index in [2.05, 4.69) is 5.32 Å². The number of aryl methyl sites for hydroxylation is 2. The van der Waals surface area contributed by atoms with Gasteiger partial charge in [-0.3, -0.25) is 13.9 Å². The summed E-state index contributed by atoms with van der Waals surface area (Å²) < 4.78 is 28.9. The molecule has 2 amide bonds. The van der Waals surface area contributed by atoms with Gasteiger partial charge < -0.3 is 10.2 Å². The minimum atomic E-state index is -4.10. The summed E-state index contributed by atoms with van der Waals surface area (Å²) in [5.74, 6) is -0.762. The molecule has 0 spiro atoms. The Morgan fingerprint density at radius 3 is 2.12 bits per heavy atom. The first-order valence-corrected chi connectivity index (χ1v) is 15.3. The van der Waals surface area contributed by atoms with E-state index in [1.807, 2.05) is 40.7 Å². The summed E-state index contributed by atoms with van der Waals surface area (Å²) in [5.41, 5.74) is 3.06. The molecule has 0 aliphatic rings. The van der Waals surface area contributed by atoms with Crippen LogP contribution in [0.25, 0.3) is 0 Å². The molecule has 0 saturated carbocycles. The standard InChI is InChI=1S/C31H38ClN3O4S/c1-6-24(5)33-31(37)29(7-2)34(20-25-14-16-26(32)17-15-25)30(36)21-35(27-18-13-22(3)23(4)19-27)40(38,39)28-11-9-8-10-12-28/h8-19,24,29H,6-7,20-21H2,1-5H3,(H,33,37)/t24-,29-/m1/s1. The predicted octanol–water partition coefficient (Wildman–Crippen LogP) is 5.87. The van der Waals surface area contributed by atoms with E-state index in [4.69, 9.17) is 11.6 Å². The number of rotatable bonds is 12. The van der Waals surface area contributed by atoms with Crippen molar-refractivity contribution >= 4 is 39.1 Å². The predicted molar refractivity (Wildman–Crippen MR) is 161 cm³/mol. The zero-order valence-corrected chi connectivity index (χ0v) is 25.3. The van der Waals surface area contributed by atoms with Crippen LogP contribution in [0.5, 0.6) is 0 Å². The van der Waals surface area contributed by atoms with E-state index in [1.54, 1.807) is 54.6 Å². The van der Waals surface area contributed by atoms with E-state index in [0.717, 1.165) is 27.4 Å². The van der Waals surface area contributed by atoms with Crippen molar-refractivity contribution in [2.75, 3.05) is 10.8 Å². The fraction of sp³-hybridized carbons (Fsp3) is 0.355. The number of hydrogen-bond donors (Lipinski definition) is 1. The quantitative estimate of drug-likeness (QED) is 0.289. The number of hydrogen-bond acceptors (Lipinski definition) is 4. The first kappa shape index (κ1) is 31.2. The molecule has 0 aliphatic heterocycles. The Morgan fingerprint density at radius 2 is 1.55 bits per heavy atom. The number of nitrogens with zero attached hydrogens (tertiary/aromatic N) is 2. The number of nitrogens with one attached hydrogen (secondary N) is 1. The van der Waals surface area contributed by atoms with Crippen LogP contribution < -0.4 is 9.62 Å². The Labute approximate surface area is 243 Å². The molecule has 0 aromatic heterocycles. The van der Waals surface area contributed by atoms with E-state index in [0.29, 0.717) is 17.1 Å². The van der Waals surface area contributed by atoms with E-state index in [9.17, 15) is 18.0 Å². The van der Waals surface area contributed by atoms with E-state index >= 15 is 0 Å². The highest BCUT2D eigenvalue weighted by molar-refractivity contribution is 7.92. The molecule has 40 heavy (non-hydrogen) atoms. The molecule has 3 rings (SSSR count). The van der Waals surface area contributed by atoms with Crippen molar-refractivity contribution in [1.29, 1.82) is 0 Å². The van der Waals surface area contributed by atoms with Crippen LogP contribution in [0, 0.1) is 13.8 Å².